The highest BCUT2D eigenvalue weighted by Gasteiger charge is 2.50. The molecular formula is C18H16ClNO3. The third-order valence-electron chi connectivity index (χ3n) is 3.98. The molecule has 0 radical (unpaired) electrons. The molecule has 3 rings (SSSR count). The van der Waals surface area contributed by atoms with Gasteiger partial charge in [-0.15, -0.1) is 0 Å². The summed E-state index contributed by atoms with van der Waals surface area (Å²) in [5.74, 6) is -0.748. The number of benzene rings is 2. The van der Waals surface area contributed by atoms with E-state index in [2.05, 4.69) is 0 Å². The highest BCUT2D eigenvalue weighted by molar-refractivity contribution is 6.31. The maximum absolute atomic E-state index is 12.8. The number of carbonyl (C=O) groups excluding carboxylic acids is 2. The number of anilines is 1. The van der Waals surface area contributed by atoms with Crippen LogP contribution in [0.4, 0.5) is 5.69 Å². The van der Waals surface area contributed by atoms with Crippen molar-refractivity contribution in [2.24, 2.45) is 0 Å². The third-order valence-corrected chi connectivity index (χ3v) is 4.22. The molecule has 0 aromatic heterocycles. The summed E-state index contributed by atoms with van der Waals surface area (Å²) in [6.07, 6.45) is -0.259. The summed E-state index contributed by atoms with van der Waals surface area (Å²) >= 11 is 6.02. The molecule has 2 aromatic rings. The molecule has 0 bridgehead atoms. The number of carbonyl (C=O) groups is 2. The highest BCUT2D eigenvalue weighted by atomic mass is 35.5. The Bertz CT molecular complexity index is 775. The number of aliphatic hydroxyl groups is 1. The van der Waals surface area contributed by atoms with Crippen LogP contribution in [0.25, 0.3) is 0 Å². The third kappa shape index (κ3) is 2.76. The van der Waals surface area contributed by atoms with Crippen molar-refractivity contribution >= 4 is 29.0 Å². The van der Waals surface area contributed by atoms with Gasteiger partial charge in [-0.2, -0.15) is 0 Å². The Morgan fingerprint density at radius 1 is 1.22 bits per heavy atom. The van der Waals surface area contributed by atoms with Gasteiger partial charge in [0.25, 0.3) is 5.91 Å². The van der Waals surface area contributed by atoms with Crippen LogP contribution in [0.15, 0.2) is 48.5 Å². The van der Waals surface area contributed by atoms with Gasteiger partial charge in [-0.05, 0) is 30.7 Å². The average molecular weight is 330 g/mol. The van der Waals surface area contributed by atoms with Crippen molar-refractivity contribution in [3.63, 3.8) is 0 Å². The van der Waals surface area contributed by atoms with Crippen molar-refractivity contribution in [1.29, 1.82) is 0 Å². The molecule has 23 heavy (non-hydrogen) atoms. The number of nitrogens with zero attached hydrogens (tertiary/aromatic N) is 1. The number of fused-ring (bicyclic) bond motifs is 1. The van der Waals surface area contributed by atoms with Crippen LogP contribution in [-0.4, -0.2) is 16.8 Å². The number of halogens is 1. The second-order valence-electron chi connectivity index (χ2n) is 5.78. The van der Waals surface area contributed by atoms with E-state index in [9.17, 15) is 14.7 Å². The van der Waals surface area contributed by atoms with Gasteiger partial charge < -0.3 is 10.0 Å². The first-order chi connectivity index (χ1) is 10.9. The van der Waals surface area contributed by atoms with Crippen molar-refractivity contribution in [3.05, 3.63) is 64.7 Å². The first kappa shape index (κ1) is 15.7. The second kappa shape index (κ2) is 5.80. The lowest BCUT2D eigenvalue weighted by Gasteiger charge is -2.22. The summed E-state index contributed by atoms with van der Waals surface area (Å²) in [6.45, 7) is 1.68. The first-order valence-corrected chi connectivity index (χ1v) is 7.67. The fourth-order valence-electron chi connectivity index (χ4n) is 2.98. The van der Waals surface area contributed by atoms with Crippen molar-refractivity contribution in [2.45, 2.75) is 25.5 Å². The Balaban J connectivity index is 2.06. The predicted molar refractivity (Wildman–Crippen MR) is 88.3 cm³/mol. The molecule has 1 unspecified atom stereocenters. The summed E-state index contributed by atoms with van der Waals surface area (Å²) in [4.78, 5) is 25.9. The molecule has 118 valence electrons. The summed E-state index contributed by atoms with van der Waals surface area (Å²) in [7, 11) is 0. The van der Waals surface area contributed by atoms with Crippen molar-refractivity contribution in [2.75, 3.05) is 4.90 Å². The maximum Gasteiger partial charge on any atom is 0.264 e. The molecule has 0 aliphatic carbocycles. The smallest absolute Gasteiger partial charge is 0.264 e. The molecule has 1 N–H and O–H groups in total. The minimum absolute atomic E-state index is 0.256. The Kier molecular flexibility index (Phi) is 3.96. The number of hydrogen-bond acceptors (Lipinski definition) is 3. The van der Waals surface area contributed by atoms with E-state index in [1.165, 1.54) is 11.8 Å². The van der Waals surface area contributed by atoms with Crippen molar-refractivity contribution < 1.29 is 14.7 Å². The van der Waals surface area contributed by atoms with Gasteiger partial charge in [0.2, 0.25) is 0 Å². The number of ketones is 1. The number of rotatable bonds is 4. The topological polar surface area (TPSA) is 57.6 Å². The highest BCUT2D eigenvalue weighted by Crippen LogP contribution is 2.44. The standard InChI is InChI=1S/C18H16ClNO3/c1-12(21)10-18(23)15-9-14(19)7-8-16(15)20(17(18)22)11-13-5-3-2-4-6-13/h2-9,23H,10-11H2,1H3. The Morgan fingerprint density at radius 3 is 2.57 bits per heavy atom. The van der Waals surface area contributed by atoms with E-state index in [1.807, 2.05) is 30.3 Å². The first-order valence-electron chi connectivity index (χ1n) is 7.29. The normalized spacial score (nSPS) is 19.8. The predicted octanol–water partition coefficient (Wildman–Crippen LogP) is 3.05. The Labute approximate surface area is 139 Å². The van der Waals surface area contributed by atoms with Gasteiger partial charge in [0, 0.05) is 17.0 Å². The Morgan fingerprint density at radius 2 is 1.91 bits per heavy atom. The minimum Gasteiger partial charge on any atom is -0.375 e. The van der Waals surface area contributed by atoms with Gasteiger partial charge in [-0.3, -0.25) is 9.59 Å². The number of hydrogen-bond donors (Lipinski definition) is 1. The molecule has 1 aliphatic heterocycles. The zero-order chi connectivity index (χ0) is 16.6. The van der Waals surface area contributed by atoms with Crippen LogP contribution < -0.4 is 4.90 Å². The van der Waals surface area contributed by atoms with Crippen LogP contribution in [0.3, 0.4) is 0 Å². The van der Waals surface area contributed by atoms with Crippen LogP contribution in [0.5, 0.6) is 0 Å². The molecule has 2 aromatic carbocycles. The number of amides is 1. The fourth-order valence-corrected chi connectivity index (χ4v) is 3.15. The van der Waals surface area contributed by atoms with E-state index >= 15 is 0 Å². The van der Waals surface area contributed by atoms with Crippen LogP contribution in [0, 0.1) is 0 Å². The lowest BCUT2D eigenvalue weighted by molar-refractivity contribution is -0.141. The molecule has 0 saturated heterocycles. The summed E-state index contributed by atoms with van der Waals surface area (Å²) in [5.41, 5.74) is 0.0721. The van der Waals surface area contributed by atoms with E-state index in [0.717, 1.165) is 5.56 Å². The molecule has 0 fully saturated rings. The van der Waals surface area contributed by atoms with Gasteiger partial charge in [0.05, 0.1) is 12.2 Å². The Hall–Kier alpha value is -2.17. The number of Topliss-reactive ketones (excluding diaryl/α,β-unsaturated/α-hetero) is 1. The van der Waals surface area contributed by atoms with E-state index in [0.29, 0.717) is 22.8 Å². The van der Waals surface area contributed by atoms with E-state index in [-0.39, 0.29) is 12.2 Å². The molecule has 0 saturated carbocycles. The monoisotopic (exact) mass is 329 g/mol. The van der Waals surface area contributed by atoms with Crippen LogP contribution >= 0.6 is 11.6 Å². The molecule has 1 aliphatic rings. The van der Waals surface area contributed by atoms with Gasteiger partial charge >= 0.3 is 0 Å². The largest absolute Gasteiger partial charge is 0.375 e. The second-order valence-corrected chi connectivity index (χ2v) is 6.21. The minimum atomic E-state index is -1.85. The SMILES string of the molecule is CC(=O)CC1(O)C(=O)N(Cc2ccccc2)c2ccc(Cl)cc21. The lowest BCUT2D eigenvalue weighted by Crippen LogP contribution is -2.41. The van der Waals surface area contributed by atoms with Crippen LogP contribution in [0.1, 0.15) is 24.5 Å². The van der Waals surface area contributed by atoms with E-state index in [1.54, 1.807) is 18.2 Å². The summed E-state index contributed by atoms with van der Waals surface area (Å²) < 4.78 is 0. The summed E-state index contributed by atoms with van der Waals surface area (Å²) in [5, 5.41) is 11.3. The zero-order valence-corrected chi connectivity index (χ0v) is 13.4. The zero-order valence-electron chi connectivity index (χ0n) is 12.6. The van der Waals surface area contributed by atoms with Crippen LogP contribution in [-0.2, 0) is 21.7 Å². The molecule has 1 heterocycles. The fraction of sp³-hybridized carbons (Fsp3) is 0.222. The van der Waals surface area contributed by atoms with Crippen LogP contribution in [0.2, 0.25) is 5.02 Å². The molecule has 4 nitrogen and oxygen atoms in total. The summed E-state index contributed by atoms with van der Waals surface area (Å²) in [6, 6.07) is 14.4. The van der Waals surface area contributed by atoms with Gasteiger partial charge in [-0.1, -0.05) is 41.9 Å². The van der Waals surface area contributed by atoms with E-state index < -0.39 is 11.5 Å². The van der Waals surface area contributed by atoms with Gasteiger partial charge in [0.1, 0.15) is 5.78 Å². The quantitative estimate of drug-likeness (QED) is 0.938. The molecular weight excluding hydrogens is 314 g/mol. The lowest BCUT2D eigenvalue weighted by atomic mass is 9.90. The molecule has 5 heteroatoms. The maximum atomic E-state index is 12.8. The average Bonchev–Trinajstić information content (AvgIpc) is 2.70. The molecule has 0 spiro atoms. The van der Waals surface area contributed by atoms with E-state index in [4.69, 9.17) is 11.6 Å². The van der Waals surface area contributed by atoms with Gasteiger partial charge in [0.15, 0.2) is 5.60 Å². The van der Waals surface area contributed by atoms with Crippen molar-refractivity contribution in [3.8, 4) is 0 Å². The molecule has 1 atom stereocenters. The van der Waals surface area contributed by atoms with Gasteiger partial charge in [-0.25, -0.2) is 0 Å². The van der Waals surface area contributed by atoms with Crippen molar-refractivity contribution in [1.82, 2.24) is 0 Å². The molecule has 1 amide bonds.